The number of rotatable bonds is 1. The van der Waals surface area contributed by atoms with E-state index in [0.717, 1.165) is 10.8 Å². The van der Waals surface area contributed by atoms with Crippen LogP contribution in [0.2, 0.25) is 0 Å². The van der Waals surface area contributed by atoms with E-state index in [1.807, 2.05) is 24.4 Å². The van der Waals surface area contributed by atoms with E-state index in [9.17, 15) is 0 Å². The first-order chi connectivity index (χ1) is 6.36. The van der Waals surface area contributed by atoms with Crippen molar-refractivity contribution in [1.29, 1.82) is 0 Å². The molecule has 61 valence electrons. The molecular weight excluding hydrogens is 174 g/mol. The Kier molecular flexibility index (Phi) is 2.23. The Balaban J connectivity index is 2.42. The van der Waals surface area contributed by atoms with Gasteiger partial charge in [-0.1, -0.05) is 35.5 Å². The lowest BCUT2D eigenvalue weighted by molar-refractivity contribution is 1.33. The van der Waals surface area contributed by atoms with Gasteiger partial charge in [-0.05, 0) is 17.2 Å². The van der Waals surface area contributed by atoms with Crippen LogP contribution in [0.15, 0.2) is 48.8 Å². The molecule has 3 radical (unpaired) electrons. The molecule has 0 spiro atoms. The van der Waals surface area contributed by atoms with Crippen molar-refractivity contribution in [3.05, 3.63) is 48.8 Å². The zero-order valence-electron chi connectivity index (χ0n) is 7.07. The van der Waals surface area contributed by atoms with Gasteiger partial charge in [-0.15, -0.1) is 0 Å². The van der Waals surface area contributed by atoms with Gasteiger partial charge in [-0.3, -0.25) is 4.98 Å². The molecule has 0 unspecified atom stereocenters. The molecule has 0 N–H and O–H groups in total. The van der Waals surface area contributed by atoms with Gasteiger partial charge in [0.15, 0.2) is 0 Å². The number of aromatic nitrogens is 1. The molecule has 0 saturated heterocycles. The van der Waals surface area contributed by atoms with Crippen LogP contribution in [0.1, 0.15) is 0 Å². The Hall–Kier alpha value is -1.41. The van der Waals surface area contributed by atoms with Gasteiger partial charge in [-0.25, -0.2) is 0 Å². The summed E-state index contributed by atoms with van der Waals surface area (Å²) in [6, 6.07) is 12.2. The average molecular weight is 182 g/mol. The van der Waals surface area contributed by atoms with Crippen LogP contribution < -0.4 is 5.19 Å². The first-order valence-electron chi connectivity index (χ1n) is 4.08. The molecule has 0 aliphatic rings. The van der Waals surface area contributed by atoms with Gasteiger partial charge in [0, 0.05) is 12.4 Å². The average Bonchev–Trinajstić information content (AvgIpc) is 2.20. The molecule has 1 aromatic carbocycles. The van der Waals surface area contributed by atoms with Crippen LogP contribution in [-0.4, -0.2) is 15.2 Å². The molecule has 1 aromatic heterocycles. The smallest absolute Gasteiger partial charge is 0.0711 e. The molecule has 0 bridgehead atoms. The van der Waals surface area contributed by atoms with E-state index < -0.39 is 0 Å². The summed E-state index contributed by atoms with van der Waals surface area (Å²) in [6.07, 6.45) is 3.64. The van der Waals surface area contributed by atoms with Crippen molar-refractivity contribution in [1.82, 2.24) is 4.98 Å². The maximum Gasteiger partial charge on any atom is 0.0711 e. The maximum absolute atomic E-state index is 4.07. The molecule has 0 aliphatic carbocycles. The third-order valence-corrected chi connectivity index (χ3v) is 2.21. The van der Waals surface area contributed by atoms with Crippen LogP contribution in [0.4, 0.5) is 0 Å². The van der Waals surface area contributed by atoms with Gasteiger partial charge in [0.05, 0.1) is 10.2 Å². The van der Waals surface area contributed by atoms with Gasteiger partial charge < -0.3 is 0 Å². The summed E-state index contributed by atoms with van der Waals surface area (Å²) < 4.78 is 0. The normalized spacial score (nSPS) is 9.92. The SMILES string of the molecule is [Si]c1ccc(-c2cccnc2)cc1. The summed E-state index contributed by atoms with van der Waals surface area (Å²) in [6.45, 7) is 0. The quantitative estimate of drug-likeness (QED) is 0.610. The summed E-state index contributed by atoms with van der Waals surface area (Å²) in [4.78, 5) is 4.07. The largest absolute Gasteiger partial charge is 0.264 e. The van der Waals surface area contributed by atoms with E-state index >= 15 is 0 Å². The van der Waals surface area contributed by atoms with E-state index in [0.29, 0.717) is 0 Å². The summed E-state index contributed by atoms with van der Waals surface area (Å²) >= 11 is 0. The molecule has 0 atom stereocenters. The number of hydrogen-bond donors (Lipinski definition) is 0. The minimum atomic E-state index is 1.09. The predicted molar refractivity (Wildman–Crippen MR) is 55.1 cm³/mol. The highest BCUT2D eigenvalue weighted by Crippen LogP contribution is 2.15. The number of nitrogens with zero attached hydrogens (tertiary/aromatic N) is 1. The van der Waals surface area contributed by atoms with Gasteiger partial charge >= 0.3 is 0 Å². The highest BCUT2D eigenvalue weighted by Gasteiger charge is 1.94. The van der Waals surface area contributed by atoms with Crippen molar-refractivity contribution in [2.24, 2.45) is 0 Å². The molecular formula is C11H8NSi. The molecule has 0 amide bonds. The Morgan fingerprint density at radius 2 is 1.69 bits per heavy atom. The van der Waals surface area contributed by atoms with Crippen LogP contribution in [-0.2, 0) is 0 Å². The number of benzene rings is 1. The van der Waals surface area contributed by atoms with Gasteiger partial charge in [0.2, 0.25) is 0 Å². The van der Waals surface area contributed by atoms with Crippen LogP contribution in [0, 0.1) is 0 Å². The summed E-state index contributed by atoms with van der Waals surface area (Å²) in [5.74, 6) is 0. The highest BCUT2D eigenvalue weighted by molar-refractivity contribution is 6.32. The Morgan fingerprint density at radius 1 is 0.923 bits per heavy atom. The number of pyridine rings is 1. The zero-order chi connectivity index (χ0) is 9.10. The molecule has 1 heterocycles. The second kappa shape index (κ2) is 3.54. The van der Waals surface area contributed by atoms with Crippen LogP contribution in [0.3, 0.4) is 0 Å². The third-order valence-electron chi connectivity index (χ3n) is 1.88. The first-order valence-corrected chi connectivity index (χ1v) is 4.58. The van der Waals surface area contributed by atoms with E-state index in [-0.39, 0.29) is 0 Å². The first kappa shape index (κ1) is 8.20. The molecule has 2 heteroatoms. The fraction of sp³-hybridized carbons (Fsp3) is 0. The lowest BCUT2D eigenvalue weighted by Crippen LogP contribution is -1.99. The van der Waals surface area contributed by atoms with E-state index in [1.54, 1.807) is 6.20 Å². The van der Waals surface area contributed by atoms with Crippen LogP contribution in [0.5, 0.6) is 0 Å². The van der Waals surface area contributed by atoms with Gasteiger partial charge in [0.25, 0.3) is 0 Å². The Labute approximate surface area is 80.9 Å². The number of hydrogen-bond acceptors (Lipinski definition) is 1. The Morgan fingerprint density at radius 3 is 2.31 bits per heavy atom. The Bertz CT molecular complexity index is 381. The van der Waals surface area contributed by atoms with Crippen molar-refractivity contribution in [2.75, 3.05) is 0 Å². The van der Waals surface area contributed by atoms with Crippen LogP contribution in [0.25, 0.3) is 11.1 Å². The minimum absolute atomic E-state index is 1.09. The summed E-state index contributed by atoms with van der Waals surface area (Å²) in [5, 5.41) is 1.09. The fourth-order valence-corrected chi connectivity index (χ4v) is 1.36. The minimum Gasteiger partial charge on any atom is -0.264 e. The second-order valence-electron chi connectivity index (χ2n) is 2.82. The molecule has 1 nitrogen and oxygen atoms in total. The topological polar surface area (TPSA) is 12.9 Å². The molecule has 0 aliphatic heterocycles. The van der Waals surface area contributed by atoms with Crippen molar-refractivity contribution < 1.29 is 0 Å². The van der Waals surface area contributed by atoms with Gasteiger partial charge in [-0.2, -0.15) is 0 Å². The highest BCUT2D eigenvalue weighted by atomic mass is 28.1. The molecule has 2 aromatic rings. The molecule has 0 fully saturated rings. The zero-order valence-corrected chi connectivity index (χ0v) is 8.07. The predicted octanol–water partition coefficient (Wildman–Crippen LogP) is 1.54. The standard InChI is InChI=1S/C11H8NSi/c13-11-5-3-9(4-6-11)10-2-1-7-12-8-10/h1-8H. The lowest BCUT2D eigenvalue weighted by atomic mass is 10.1. The third kappa shape index (κ3) is 1.84. The lowest BCUT2D eigenvalue weighted by Gasteiger charge is -2.00. The summed E-state index contributed by atoms with van der Waals surface area (Å²) in [7, 11) is 3.45. The molecule has 0 saturated carbocycles. The van der Waals surface area contributed by atoms with Crippen molar-refractivity contribution in [2.45, 2.75) is 0 Å². The maximum atomic E-state index is 4.07. The van der Waals surface area contributed by atoms with Crippen LogP contribution >= 0.6 is 0 Å². The molecule has 13 heavy (non-hydrogen) atoms. The van der Waals surface area contributed by atoms with Crippen molar-refractivity contribution >= 4 is 15.4 Å². The monoisotopic (exact) mass is 182 g/mol. The van der Waals surface area contributed by atoms with Crippen molar-refractivity contribution in [3.8, 4) is 11.1 Å². The second-order valence-corrected chi connectivity index (χ2v) is 3.40. The van der Waals surface area contributed by atoms with E-state index in [2.05, 4.69) is 33.4 Å². The fourth-order valence-electron chi connectivity index (χ4n) is 1.20. The van der Waals surface area contributed by atoms with Gasteiger partial charge in [0.1, 0.15) is 0 Å². The van der Waals surface area contributed by atoms with Crippen molar-refractivity contribution in [3.63, 3.8) is 0 Å². The van der Waals surface area contributed by atoms with E-state index in [4.69, 9.17) is 0 Å². The molecule has 2 rings (SSSR count). The van der Waals surface area contributed by atoms with E-state index in [1.165, 1.54) is 5.56 Å². The summed E-state index contributed by atoms with van der Waals surface area (Å²) in [5.41, 5.74) is 2.34.